The summed E-state index contributed by atoms with van der Waals surface area (Å²) in [7, 11) is 5.93. The van der Waals surface area contributed by atoms with Crippen LogP contribution in [0.25, 0.3) is 0 Å². The van der Waals surface area contributed by atoms with Crippen LogP contribution in [0.15, 0.2) is 24.3 Å². The Morgan fingerprint density at radius 2 is 2.15 bits per heavy atom. The van der Waals surface area contributed by atoms with Crippen molar-refractivity contribution in [2.75, 3.05) is 47.5 Å². The van der Waals surface area contributed by atoms with Crippen molar-refractivity contribution in [1.82, 2.24) is 10.2 Å². The Labute approximate surface area is 122 Å². The molecule has 0 saturated carbocycles. The fourth-order valence-corrected chi connectivity index (χ4v) is 2.51. The highest BCUT2D eigenvalue weighted by molar-refractivity contribution is 5.30. The van der Waals surface area contributed by atoms with Crippen LogP contribution in [0.1, 0.15) is 18.5 Å². The van der Waals surface area contributed by atoms with E-state index in [1.165, 1.54) is 5.56 Å². The lowest BCUT2D eigenvalue weighted by Gasteiger charge is -2.39. The van der Waals surface area contributed by atoms with Gasteiger partial charge in [0.1, 0.15) is 5.75 Å². The van der Waals surface area contributed by atoms with Gasteiger partial charge in [-0.15, -0.1) is 0 Å². The lowest BCUT2D eigenvalue weighted by molar-refractivity contribution is -0.0993. The second kappa shape index (κ2) is 6.57. The summed E-state index contributed by atoms with van der Waals surface area (Å²) in [6.45, 7) is 5.92. The molecule has 0 bridgehead atoms. The van der Waals surface area contributed by atoms with Crippen LogP contribution in [0.5, 0.6) is 5.75 Å². The summed E-state index contributed by atoms with van der Waals surface area (Å²) in [5.74, 6) is 0.911. The van der Waals surface area contributed by atoms with Crippen LogP contribution >= 0.6 is 0 Å². The van der Waals surface area contributed by atoms with Gasteiger partial charge in [-0.25, -0.2) is 0 Å². The topological polar surface area (TPSA) is 33.7 Å². The minimum Gasteiger partial charge on any atom is -0.497 e. The van der Waals surface area contributed by atoms with Crippen LogP contribution in [0.3, 0.4) is 0 Å². The molecular weight excluding hydrogens is 252 g/mol. The molecule has 4 heteroatoms. The number of nitrogens with one attached hydrogen (secondary N) is 1. The van der Waals surface area contributed by atoms with Crippen LogP contribution in [-0.4, -0.2) is 52.4 Å². The molecule has 0 aliphatic carbocycles. The highest BCUT2D eigenvalue weighted by Crippen LogP contribution is 2.26. The van der Waals surface area contributed by atoms with E-state index in [1.807, 2.05) is 12.1 Å². The summed E-state index contributed by atoms with van der Waals surface area (Å²) in [5, 5.41) is 3.58. The first kappa shape index (κ1) is 15.3. The second-order valence-electron chi connectivity index (χ2n) is 6.19. The number of ether oxygens (including phenoxy) is 2. The van der Waals surface area contributed by atoms with Crippen LogP contribution in [0, 0.1) is 5.41 Å². The fourth-order valence-electron chi connectivity index (χ4n) is 2.51. The van der Waals surface area contributed by atoms with E-state index in [-0.39, 0.29) is 0 Å². The van der Waals surface area contributed by atoms with Crippen molar-refractivity contribution in [3.8, 4) is 5.75 Å². The number of hydrogen-bond donors (Lipinski definition) is 1. The maximum absolute atomic E-state index is 5.31. The molecule has 0 spiro atoms. The zero-order chi connectivity index (χ0) is 14.6. The van der Waals surface area contributed by atoms with Crippen molar-refractivity contribution >= 4 is 0 Å². The molecule has 1 heterocycles. The maximum Gasteiger partial charge on any atom is 0.119 e. The van der Waals surface area contributed by atoms with Crippen LogP contribution < -0.4 is 10.1 Å². The molecule has 4 nitrogen and oxygen atoms in total. The maximum atomic E-state index is 5.31. The molecule has 1 aromatic carbocycles. The first-order valence-electron chi connectivity index (χ1n) is 7.13. The average molecular weight is 278 g/mol. The normalized spacial score (nSPS) is 18.6. The van der Waals surface area contributed by atoms with Gasteiger partial charge in [-0.05, 0) is 31.8 Å². The summed E-state index contributed by atoms with van der Waals surface area (Å²) in [4.78, 5) is 2.24. The van der Waals surface area contributed by atoms with Gasteiger partial charge in [0.15, 0.2) is 0 Å². The monoisotopic (exact) mass is 278 g/mol. The van der Waals surface area contributed by atoms with Gasteiger partial charge in [-0.2, -0.15) is 0 Å². The molecule has 0 amide bonds. The van der Waals surface area contributed by atoms with Gasteiger partial charge >= 0.3 is 0 Å². The predicted molar refractivity (Wildman–Crippen MR) is 81.2 cm³/mol. The third-order valence-electron chi connectivity index (χ3n) is 3.89. The van der Waals surface area contributed by atoms with Crippen molar-refractivity contribution < 1.29 is 9.47 Å². The highest BCUT2D eigenvalue weighted by Gasteiger charge is 2.33. The first-order valence-corrected chi connectivity index (χ1v) is 7.13. The summed E-state index contributed by atoms with van der Waals surface area (Å²) in [5.41, 5.74) is 1.59. The number of benzene rings is 1. The van der Waals surface area contributed by atoms with Crippen molar-refractivity contribution in [3.05, 3.63) is 29.8 Å². The number of rotatable bonds is 7. The fraction of sp³-hybridized carbons (Fsp3) is 0.625. The molecule has 1 aromatic rings. The molecule has 112 valence electrons. The molecule has 20 heavy (non-hydrogen) atoms. The number of likely N-dealkylation sites (N-methyl/N-ethyl adjacent to an activating group) is 1. The van der Waals surface area contributed by atoms with Gasteiger partial charge in [0.2, 0.25) is 0 Å². The largest absolute Gasteiger partial charge is 0.497 e. The van der Waals surface area contributed by atoms with Crippen LogP contribution in [-0.2, 0) is 4.74 Å². The molecule has 0 aromatic heterocycles. The van der Waals surface area contributed by atoms with Gasteiger partial charge in [0.05, 0.1) is 20.3 Å². The molecule has 1 unspecified atom stereocenters. The zero-order valence-corrected chi connectivity index (χ0v) is 13.0. The Bertz CT molecular complexity index is 430. The standard InChI is InChI=1S/C16H26N2O2/c1-16(11-20-12-16)10-17-9-15(18(2)3)13-6-5-7-14(8-13)19-4/h5-8,15,17H,9-12H2,1-4H3. The minimum atomic E-state index is 0.311. The highest BCUT2D eigenvalue weighted by atomic mass is 16.5. The Hall–Kier alpha value is -1.10. The van der Waals surface area contributed by atoms with Crippen LogP contribution in [0.2, 0.25) is 0 Å². The Morgan fingerprint density at radius 3 is 2.70 bits per heavy atom. The lowest BCUT2D eigenvalue weighted by Crippen LogP contribution is -2.48. The average Bonchev–Trinajstić information content (AvgIpc) is 2.41. The van der Waals surface area contributed by atoms with E-state index in [2.05, 4.69) is 43.4 Å². The van der Waals surface area contributed by atoms with Gasteiger partial charge in [0, 0.05) is 24.5 Å². The molecular formula is C16H26N2O2. The quantitative estimate of drug-likeness (QED) is 0.826. The van der Waals surface area contributed by atoms with Gasteiger partial charge in [0.25, 0.3) is 0 Å². The van der Waals surface area contributed by atoms with E-state index >= 15 is 0 Å². The summed E-state index contributed by atoms with van der Waals surface area (Å²) >= 11 is 0. The Morgan fingerprint density at radius 1 is 1.40 bits per heavy atom. The third-order valence-corrected chi connectivity index (χ3v) is 3.89. The molecule has 1 aliphatic rings. The van der Waals surface area contributed by atoms with Crippen molar-refractivity contribution in [2.45, 2.75) is 13.0 Å². The zero-order valence-electron chi connectivity index (χ0n) is 13.0. The number of methoxy groups -OCH3 is 1. The molecule has 2 rings (SSSR count). The number of hydrogen-bond acceptors (Lipinski definition) is 4. The van der Waals surface area contributed by atoms with E-state index in [4.69, 9.17) is 9.47 Å². The second-order valence-corrected chi connectivity index (χ2v) is 6.19. The minimum absolute atomic E-state index is 0.311. The van der Waals surface area contributed by atoms with Crippen molar-refractivity contribution in [1.29, 1.82) is 0 Å². The van der Waals surface area contributed by atoms with Gasteiger partial charge < -0.3 is 19.7 Å². The van der Waals surface area contributed by atoms with Gasteiger partial charge in [-0.1, -0.05) is 19.1 Å². The first-order chi connectivity index (χ1) is 9.54. The molecule has 1 atom stereocenters. The molecule has 1 fully saturated rings. The number of nitrogens with zero attached hydrogens (tertiary/aromatic N) is 1. The van der Waals surface area contributed by atoms with Crippen LogP contribution in [0.4, 0.5) is 0 Å². The van der Waals surface area contributed by atoms with Gasteiger partial charge in [-0.3, -0.25) is 0 Å². The van der Waals surface area contributed by atoms with E-state index in [9.17, 15) is 0 Å². The Balaban J connectivity index is 1.95. The Kier molecular flexibility index (Phi) is 5.02. The smallest absolute Gasteiger partial charge is 0.119 e. The third kappa shape index (κ3) is 3.72. The van der Waals surface area contributed by atoms with Crippen molar-refractivity contribution in [2.24, 2.45) is 5.41 Å². The SMILES string of the molecule is COc1cccc(C(CNCC2(C)COC2)N(C)C)c1. The lowest BCUT2D eigenvalue weighted by atomic mass is 9.88. The molecule has 0 radical (unpaired) electrons. The summed E-state index contributed by atoms with van der Waals surface area (Å²) in [6, 6.07) is 8.64. The summed E-state index contributed by atoms with van der Waals surface area (Å²) < 4.78 is 10.6. The van der Waals surface area contributed by atoms with E-state index < -0.39 is 0 Å². The molecule has 1 saturated heterocycles. The van der Waals surface area contributed by atoms with E-state index in [0.29, 0.717) is 11.5 Å². The summed E-state index contributed by atoms with van der Waals surface area (Å²) in [6.07, 6.45) is 0. The van der Waals surface area contributed by atoms with E-state index in [0.717, 1.165) is 32.1 Å². The van der Waals surface area contributed by atoms with E-state index in [1.54, 1.807) is 7.11 Å². The van der Waals surface area contributed by atoms with Crippen molar-refractivity contribution in [3.63, 3.8) is 0 Å². The molecule has 1 N–H and O–H groups in total. The predicted octanol–water partition coefficient (Wildman–Crippen LogP) is 1.92. The molecule has 1 aliphatic heterocycles.